The van der Waals surface area contributed by atoms with Gasteiger partial charge in [0, 0.05) is 12.1 Å². The van der Waals surface area contributed by atoms with Gasteiger partial charge in [0.2, 0.25) is 5.88 Å². The number of anilines is 2. The minimum Gasteiger partial charge on any atom is -0.439 e. The monoisotopic (exact) mass is 233 g/mol. The smallest absolute Gasteiger partial charge is 0.221 e. The normalized spacial score (nSPS) is 10.2. The molecule has 0 unspecified atom stereocenters. The van der Waals surface area contributed by atoms with E-state index in [1.165, 1.54) is 6.07 Å². The quantitative estimate of drug-likeness (QED) is 0.835. The lowest BCUT2D eigenvalue weighted by Crippen LogP contribution is -1.99. The lowest BCUT2D eigenvalue weighted by Gasteiger charge is -2.07. The number of ether oxygens (including phenoxy) is 1. The third-order valence-corrected chi connectivity index (χ3v) is 2.30. The fraction of sp³-hybridized carbons (Fsp3) is 0.0833. The SMILES string of the molecule is Cc1ccc(Oc2ccc(N)c(N)n2)cc1F. The third-order valence-electron chi connectivity index (χ3n) is 2.30. The first-order valence-corrected chi connectivity index (χ1v) is 5.02. The first kappa shape index (κ1) is 11.2. The maximum absolute atomic E-state index is 13.3. The number of hydrogen-bond donors (Lipinski definition) is 2. The average molecular weight is 233 g/mol. The van der Waals surface area contributed by atoms with Crippen molar-refractivity contribution in [1.82, 2.24) is 4.98 Å². The van der Waals surface area contributed by atoms with Gasteiger partial charge in [0.05, 0.1) is 5.69 Å². The summed E-state index contributed by atoms with van der Waals surface area (Å²) < 4.78 is 18.6. The molecule has 0 aliphatic heterocycles. The first-order valence-electron chi connectivity index (χ1n) is 5.02. The van der Waals surface area contributed by atoms with E-state index in [1.54, 1.807) is 31.2 Å². The maximum atomic E-state index is 13.3. The number of benzene rings is 1. The van der Waals surface area contributed by atoms with Crippen LogP contribution in [0, 0.1) is 12.7 Å². The zero-order valence-electron chi connectivity index (χ0n) is 9.27. The molecule has 0 aliphatic rings. The van der Waals surface area contributed by atoms with E-state index < -0.39 is 0 Å². The van der Waals surface area contributed by atoms with Crippen molar-refractivity contribution < 1.29 is 9.13 Å². The second kappa shape index (κ2) is 4.29. The first-order chi connectivity index (χ1) is 8.06. The predicted octanol–water partition coefficient (Wildman–Crippen LogP) is 2.49. The lowest BCUT2D eigenvalue weighted by molar-refractivity contribution is 0.458. The van der Waals surface area contributed by atoms with Gasteiger partial charge in [0.15, 0.2) is 5.82 Å². The molecule has 1 heterocycles. The van der Waals surface area contributed by atoms with Crippen molar-refractivity contribution >= 4 is 11.5 Å². The van der Waals surface area contributed by atoms with Crippen LogP contribution in [0.5, 0.6) is 11.6 Å². The Bertz CT molecular complexity index is 508. The number of aromatic nitrogens is 1. The van der Waals surface area contributed by atoms with Crippen molar-refractivity contribution in [2.75, 3.05) is 11.5 Å². The summed E-state index contributed by atoms with van der Waals surface area (Å²) in [6.45, 7) is 1.68. The average Bonchev–Trinajstić information content (AvgIpc) is 2.29. The fourth-order valence-electron chi connectivity index (χ4n) is 1.28. The highest BCUT2D eigenvalue weighted by atomic mass is 19.1. The van der Waals surface area contributed by atoms with Crippen LogP contribution < -0.4 is 16.2 Å². The molecule has 4 N–H and O–H groups in total. The van der Waals surface area contributed by atoms with Crippen LogP contribution in [0.25, 0.3) is 0 Å². The maximum Gasteiger partial charge on any atom is 0.221 e. The van der Waals surface area contributed by atoms with Gasteiger partial charge in [-0.15, -0.1) is 0 Å². The second-order valence-electron chi connectivity index (χ2n) is 3.64. The number of nitrogen functional groups attached to an aromatic ring is 2. The largest absolute Gasteiger partial charge is 0.439 e. The van der Waals surface area contributed by atoms with Crippen LogP contribution in [0.15, 0.2) is 30.3 Å². The standard InChI is InChI=1S/C12H12FN3O/c1-7-2-3-8(6-9(7)13)17-11-5-4-10(14)12(15)16-11/h2-6H,14H2,1H3,(H2,15,16). The molecule has 5 heteroatoms. The van der Waals surface area contributed by atoms with Gasteiger partial charge in [-0.1, -0.05) is 6.07 Å². The van der Waals surface area contributed by atoms with Gasteiger partial charge >= 0.3 is 0 Å². The van der Waals surface area contributed by atoms with E-state index in [9.17, 15) is 4.39 Å². The summed E-state index contributed by atoms with van der Waals surface area (Å²) in [5.41, 5.74) is 12.0. The number of nitrogens with zero attached hydrogens (tertiary/aromatic N) is 1. The molecule has 0 saturated heterocycles. The molecular formula is C12H12FN3O. The number of halogens is 1. The van der Waals surface area contributed by atoms with Gasteiger partial charge in [-0.25, -0.2) is 4.39 Å². The molecule has 1 aromatic heterocycles. The van der Waals surface area contributed by atoms with Crippen molar-refractivity contribution in [2.45, 2.75) is 6.92 Å². The van der Waals surface area contributed by atoms with E-state index >= 15 is 0 Å². The van der Waals surface area contributed by atoms with Crippen molar-refractivity contribution in [3.63, 3.8) is 0 Å². The van der Waals surface area contributed by atoms with Crippen molar-refractivity contribution in [1.29, 1.82) is 0 Å². The summed E-state index contributed by atoms with van der Waals surface area (Å²) in [5, 5.41) is 0. The highest BCUT2D eigenvalue weighted by Gasteiger charge is 2.04. The molecule has 2 aromatic rings. The van der Waals surface area contributed by atoms with Gasteiger partial charge in [0.1, 0.15) is 11.6 Å². The van der Waals surface area contributed by atoms with Gasteiger partial charge in [-0.3, -0.25) is 0 Å². The van der Waals surface area contributed by atoms with Crippen LogP contribution in [-0.2, 0) is 0 Å². The molecule has 4 nitrogen and oxygen atoms in total. The Morgan fingerprint density at radius 1 is 1.18 bits per heavy atom. The molecule has 1 aromatic carbocycles. The van der Waals surface area contributed by atoms with E-state index in [2.05, 4.69) is 4.98 Å². The van der Waals surface area contributed by atoms with E-state index in [4.69, 9.17) is 16.2 Å². The van der Waals surface area contributed by atoms with E-state index in [0.717, 1.165) is 0 Å². The number of aryl methyl sites for hydroxylation is 1. The third kappa shape index (κ3) is 2.44. The Balaban J connectivity index is 2.25. The minimum atomic E-state index is -0.328. The number of pyridine rings is 1. The summed E-state index contributed by atoms with van der Waals surface area (Å²) in [6.07, 6.45) is 0. The molecule has 0 aliphatic carbocycles. The van der Waals surface area contributed by atoms with Crippen LogP contribution >= 0.6 is 0 Å². The zero-order valence-corrected chi connectivity index (χ0v) is 9.27. The second-order valence-corrected chi connectivity index (χ2v) is 3.64. The van der Waals surface area contributed by atoms with Gasteiger partial charge in [-0.2, -0.15) is 4.98 Å². The Morgan fingerprint density at radius 2 is 1.94 bits per heavy atom. The summed E-state index contributed by atoms with van der Waals surface area (Å²) in [4.78, 5) is 3.93. The van der Waals surface area contributed by atoms with Gasteiger partial charge < -0.3 is 16.2 Å². The summed E-state index contributed by atoms with van der Waals surface area (Å²) >= 11 is 0. The Hall–Kier alpha value is -2.30. The molecule has 17 heavy (non-hydrogen) atoms. The van der Waals surface area contributed by atoms with Crippen molar-refractivity contribution in [3.05, 3.63) is 41.7 Å². The van der Waals surface area contributed by atoms with Gasteiger partial charge in [0.25, 0.3) is 0 Å². The lowest BCUT2D eigenvalue weighted by atomic mass is 10.2. The topological polar surface area (TPSA) is 74.2 Å². The number of nitrogens with two attached hydrogens (primary N) is 2. The number of rotatable bonds is 2. The fourth-order valence-corrected chi connectivity index (χ4v) is 1.28. The molecule has 2 rings (SSSR count). The summed E-state index contributed by atoms with van der Waals surface area (Å²) in [6, 6.07) is 7.74. The Morgan fingerprint density at radius 3 is 2.59 bits per heavy atom. The summed E-state index contributed by atoms with van der Waals surface area (Å²) in [7, 11) is 0. The Labute approximate surface area is 98.0 Å². The molecular weight excluding hydrogens is 221 g/mol. The van der Waals surface area contributed by atoms with Gasteiger partial charge in [-0.05, 0) is 24.6 Å². The minimum absolute atomic E-state index is 0.190. The molecule has 0 radical (unpaired) electrons. The zero-order chi connectivity index (χ0) is 12.4. The van der Waals surface area contributed by atoms with E-state index in [-0.39, 0.29) is 17.5 Å². The van der Waals surface area contributed by atoms with E-state index in [1.807, 2.05) is 0 Å². The highest BCUT2D eigenvalue weighted by Crippen LogP contribution is 2.24. The Kier molecular flexibility index (Phi) is 2.82. The molecule has 0 amide bonds. The van der Waals surface area contributed by atoms with E-state index in [0.29, 0.717) is 17.0 Å². The predicted molar refractivity (Wildman–Crippen MR) is 64.3 cm³/mol. The highest BCUT2D eigenvalue weighted by molar-refractivity contribution is 5.58. The van der Waals surface area contributed by atoms with Crippen LogP contribution in [-0.4, -0.2) is 4.98 Å². The molecule has 0 fully saturated rings. The molecule has 88 valence electrons. The van der Waals surface area contributed by atoms with Crippen molar-refractivity contribution in [3.8, 4) is 11.6 Å². The van der Waals surface area contributed by atoms with Crippen LogP contribution in [0.4, 0.5) is 15.9 Å². The number of hydrogen-bond acceptors (Lipinski definition) is 4. The van der Waals surface area contributed by atoms with Crippen LogP contribution in [0.1, 0.15) is 5.56 Å². The summed E-state index contributed by atoms with van der Waals surface area (Å²) in [5.74, 6) is 0.505. The van der Waals surface area contributed by atoms with Crippen molar-refractivity contribution in [2.24, 2.45) is 0 Å². The molecule has 0 spiro atoms. The van der Waals surface area contributed by atoms with Crippen LogP contribution in [0.2, 0.25) is 0 Å². The van der Waals surface area contributed by atoms with Crippen LogP contribution in [0.3, 0.4) is 0 Å². The molecule has 0 bridgehead atoms. The molecule has 0 saturated carbocycles. The molecule has 0 atom stereocenters.